The summed E-state index contributed by atoms with van der Waals surface area (Å²) in [6, 6.07) is 8.22. The molecular weight excluding hydrogens is 250 g/mol. The van der Waals surface area contributed by atoms with Crippen LogP contribution in [0.2, 0.25) is 5.02 Å². The molecule has 0 saturated carbocycles. The molecule has 0 spiro atoms. The van der Waals surface area contributed by atoms with Gasteiger partial charge in [0, 0.05) is 37.9 Å². The molecule has 1 atom stereocenters. The minimum atomic E-state index is 0.310. The van der Waals surface area contributed by atoms with Crippen LogP contribution in [0.4, 0.5) is 0 Å². The second-order valence-electron chi connectivity index (χ2n) is 4.19. The van der Waals surface area contributed by atoms with E-state index in [0.29, 0.717) is 6.04 Å². The van der Waals surface area contributed by atoms with Gasteiger partial charge in [-0.15, -0.1) is 0 Å². The summed E-state index contributed by atoms with van der Waals surface area (Å²) < 4.78 is 10.4. The van der Waals surface area contributed by atoms with Crippen LogP contribution in [0, 0.1) is 0 Å². The fourth-order valence-electron chi connectivity index (χ4n) is 1.62. The van der Waals surface area contributed by atoms with Gasteiger partial charge in [0.1, 0.15) is 0 Å². The molecule has 0 saturated heterocycles. The Hall–Kier alpha value is -0.610. The first-order valence-corrected chi connectivity index (χ1v) is 6.67. The molecule has 0 aliphatic rings. The van der Waals surface area contributed by atoms with Crippen molar-refractivity contribution in [1.29, 1.82) is 0 Å². The molecule has 3 nitrogen and oxygen atoms in total. The Morgan fingerprint density at radius 1 is 1.17 bits per heavy atom. The summed E-state index contributed by atoms with van der Waals surface area (Å²) in [4.78, 5) is 0. The van der Waals surface area contributed by atoms with E-state index >= 15 is 0 Å². The maximum absolute atomic E-state index is 5.85. The molecule has 4 heteroatoms. The Morgan fingerprint density at radius 2 is 1.89 bits per heavy atom. The SMILES string of the molecule is COCCCOCCN[C@@H](C)c1ccc(Cl)cc1. The largest absolute Gasteiger partial charge is 0.385 e. The Morgan fingerprint density at radius 3 is 2.56 bits per heavy atom. The van der Waals surface area contributed by atoms with Crippen LogP contribution in [-0.4, -0.2) is 33.5 Å². The van der Waals surface area contributed by atoms with Gasteiger partial charge in [-0.25, -0.2) is 0 Å². The predicted molar refractivity (Wildman–Crippen MR) is 75.2 cm³/mol. The zero-order valence-electron chi connectivity index (χ0n) is 11.1. The number of halogens is 1. The van der Waals surface area contributed by atoms with E-state index in [4.69, 9.17) is 21.1 Å². The van der Waals surface area contributed by atoms with E-state index in [1.807, 2.05) is 24.3 Å². The first-order chi connectivity index (χ1) is 8.74. The highest BCUT2D eigenvalue weighted by Gasteiger charge is 2.03. The highest BCUT2D eigenvalue weighted by molar-refractivity contribution is 6.30. The van der Waals surface area contributed by atoms with Crippen molar-refractivity contribution in [3.8, 4) is 0 Å². The molecule has 1 rings (SSSR count). The van der Waals surface area contributed by atoms with E-state index in [1.165, 1.54) is 5.56 Å². The van der Waals surface area contributed by atoms with Crippen molar-refractivity contribution in [2.75, 3.05) is 33.5 Å². The molecule has 0 amide bonds. The molecule has 0 fully saturated rings. The van der Waals surface area contributed by atoms with Gasteiger partial charge in [0.2, 0.25) is 0 Å². The predicted octanol–water partition coefficient (Wildman–Crippen LogP) is 3.04. The minimum Gasteiger partial charge on any atom is -0.385 e. The number of nitrogens with one attached hydrogen (secondary N) is 1. The van der Waals surface area contributed by atoms with Gasteiger partial charge in [0.15, 0.2) is 0 Å². The van der Waals surface area contributed by atoms with Crippen LogP contribution in [0.15, 0.2) is 24.3 Å². The van der Waals surface area contributed by atoms with Crippen molar-refractivity contribution in [2.24, 2.45) is 0 Å². The number of rotatable bonds is 9. The zero-order chi connectivity index (χ0) is 13.2. The van der Waals surface area contributed by atoms with Crippen molar-refractivity contribution in [3.63, 3.8) is 0 Å². The standard InChI is InChI=1S/C14H22ClNO2/c1-12(13-4-6-14(15)7-5-13)16-8-11-18-10-3-9-17-2/h4-7,12,16H,3,8-11H2,1-2H3/t12-/m0/s1. The average molecular weight is 272 g/mol. The van der Waals surface area contributed by atoms with Gasteiger partial charge in [0.05, 0.1) is 6.61 Å². The normalized spacial score (nSPS) is 12.6. The van der Waals surface area contributed by atoms with Gasteiger partial charge in [-0.3, -0.25) is 0 Å². The molecule has 1 N–H and O–H groups in total. The second kappa shape index (κ2) is 9.34. The van der Waals surface area contributed by atoms with Crippen molar-refractivity contribution >= 4 is 11.6 Å². The van der Waals surface area contributed by atoms with Crippen LogP contribution >= 0.6 is 11.6 Å². The van der Waals surface area contributed by atoms with Crippen LogP contribution in [0.25, 0.3) is 0 Å². The summed E-state index contributed by atoms with van der Waals surface area (Å²) in [5.41, 5.74) is 1.23. The highest BCUT2D eigenvalue weighted by Crippen LogP contribution is 2.15. The number of hydrogen-bond donors (Lipinski definition) is 1. The molecule has 18 heavy (non-hydrogen) atoms. The lowest BCUT2D eigenvalue weighted by atomic mass is 10.1. The van der Waals surface area contributed by atoms with Crippen LogP contribution in [0.1, 0.15) is 24.9 Å². The van der Waals surface area contributed by atoms with E-state index in [-0.39, 0.29) is 0 Å². The molecule has 0 aliphatic heterocycles. The second-order valence-corrected chi connectivity index (χ2v) is 4.62. The molecule has 0 radical (unpaired) electrons. The molecule has 0 aromatic heterocycles. The lowest BCUT2D eigenvalue weighted by Gasteiger charge is -2.14. The molecule has 1 aromatic rings. The lowest BCUT2D eigenvalue weighted by molar-refractivity contribution is 0.103. The molecular formula is C14H22ClNO2. The average Bonchev–Trinajstić information content (AvgIpc) is 2.38. The van der Waals surface area contributed by atoms with Crippen LogP contribution in [0.3, 0.4) is 0 Å². The summed E-state index contributed by atoms with van der Waals surface area (Å²) in [5, 5.41) is 4.18. The number of benzene rings is 1. The van der Waals surface area contributed by atoms with Crippen molar-refractivity contribution < 1.29 is 9.47 Å². The molecule has 0 bridgehead atoms. The molecule has 0 unspecified atom stereocenters. The fraction of sp³-hybridized carbons (Fsp3) is 0.571. The monoisotopic (exact) mass is 271 g/mol. The highest BCUT2D eigenvalue weighted by atomic mass is 35.5. The van der Waals surface area contributed by atoms with Crippen LogP contribution < -0.4 is 5.32 Å². The van der Waals surface area contributed by atoms with E-state index in [1.54, 1.807) is 7.11 Å². The first-order valence-electron chi connectivity index (χ1n) is 6.29. The summed E-state index contributed by atoms with van der Waals surface area (Å²) in [5.74, 6) is 0. The number of ether oxygens (including phenoxy) is 2. The molecule has 0 heterocycles. The maximum Gasteiger partial charge on any atom is 0.0591 e. The zero-order valence-corrected chi connectivity index (χ0v) is 11.9. The quantitative estimate of drug-likeness (QED) is 0.701. The fourth-order valence-corrected chi connectivity index (χ4v) is 1.75. The summed E-state index contributed by atoms with van der Waals surface area (Å²) >= 11 is 5.85. The third kappa shape index (κ3) is 6.36. The Balaban J connectivity index is 2.10. The van der Waals surface area contributed by atoms with E-state index in [0.717, 1.165) is 37.8 Å². The van der Waals surface area contributed by atoms with Gasteiger partial charge in [-0.05, 0) is 31.0 Å². The molecule has 0 aliphatic carbocycles. The van der Waals surface area contributed by atoms with Gasteiger partial charge in [-0.2, -0.15) is 0 Å². The molecule has 1 aromatic carbocycles. The van der Waals surface area contributed by atoms with Gasteiger partial charge < -0.3 is 14.8 Å². The summed E-state index contributed by atoms with van der Waals surface area (Å²) in [6.07, 6.45) is 0.948. The third-order valence-electron chi connectivity index (χ3n) is 2.70. The lowest BCUT2D eigenvalue weighted by Crippen LogP contribution is -2.23. The van der Waals surface area contributed by atoms with Gasteiger partial charge >= 0.3 is 0 Å². The number of methoxy groups -OCH3 is 1. The first kappa shape index (κ1) is 15.4. The molecule has 102 valence electrons. The topological polar surface area (TPSA) is 30.5 Å². The van der Waals surface area contributed by atoms with Crippen molar-refractivity contribution in [2.45, 2.75) is 19.4 Å². The van der Waals surface area contributed by atoms with Gasteiger partial charge in [0.25, 0.3) is 0 Å². The summed E-state index contributed by atoms with van der Waals surface area (Å²) in [6.45, 7) is 5.21. The van der Waals surface area contributed by atoms with Crippen molar-refractivity contribution in [3.05, 3.63) is 34.9 Å². The Kier molecular flexibility index (Phi) is 8.01. The van der Waals surface area contributed by atoms with Crippen molar-refractivity contribution in [1.82, 2.24) is 5.32 Å². The number of hydrogen-bond acceptors (Lipinski definition) is 3. The minimum absolute atomic E-state index is 0.310. The van der Waals surface area contributed by atoms with Gasteiger partial charge in [-0.1, -0.05) is 23.7 Å². The van der Waals surface area contributed by atoms with E-state index < -0.39 is 0 Å². The third-order valence-corrected chi connectivity index (χ3v) is 2.96. The Bertz CT molecular complexity index is 316. The maximum atomic E-state index is 5.85. The summed E-state index contributed by atoms with van der Waals surface area (Å²) in [7, 11) is 1.70. The van der Waals surface area contributed by atoms with Crippen LogP contribution in [-0.2, 0) is 9.47 Å². The van der Waals surface area contributed by atoms with Crippen LogP contribution in [0.5, 0.6) is 0 Å². The van der Waals surface area contributed by atoms with E-state index in [9.17, 15) is 0 Å². The smallest absolute Gasteiger partial charge is 0.0591 e. The Labute approximate surface area is 114 Å². The van der Waals surface area contributed by atoms with E-state index in [2.05, 4.69) is 12.2 Å².